The molecule has 3 saturated carbocycles. The molecule has 0 spiro atoms. The van der Waals surface area contributed by atoms with Crippen molar-refractivity contribution in [2.24, 2.45) is 34.2 Å². The van der Waals surface area contributed by atoms with E-state index in [1.54, 1.807) is 12.7 Å². The quantitative estimate of drug-likeness (QED) is 0.586. The number of hydrogen-bond acceptors (Lipinski definition) is 3. The largest absolute Gasteiger partial charge is 0.399 e. The van der Waals surface area contributed by atoms with Crippen molar-refractivity contribution in [3.05, 3.63) is 11.6 Å². The first-order chi connectivity index (χ1) is 11.5. The summed E-state index contributed by atoms with van der Waals surface area (Å²) < 4.78 is 0. The van der Waals surface area contributed by atoms with Gasteiger partial charge in [0.1, 0.15) is 12.7 Å². The van der Waals surface area contributed by atoms with Crippen LogP contribution in [0.2, 0.25) is 0 Å². The minimum absolute atomic E-state index is 0.0819. The maximum absolute atomic E-state index is 11.0. The molecule has 0 aromatic heterocycles. The average Bonchev–Trinajstić information content (AvgIpc) is 2.87. The van der Waals surface area contributed by atoms with Gasteiger partial charge in [-0.3, -0.25) is 0 Å². The molecular weight excluding hydrogens is 298 g/mol. The number of fused-ring (bicyclic) bond motifs is 5. The molecule has 0 aliphatic heterocycles. The van der Waals surface area contributed by atoms with Gasteiger partial charge in [0.05, 0.1) is 5.71 Å². The van der Waals surface area contributed by atoms with Crippen LogP contribution in [0.5, 0.6) is 0 Å². The first kappa shape index (κ1) is 16.2. The van der Waals surface area contributed by atoms with Gasteiger partial charge in [-0.2, -0.15) is 0 Å². The standard InChI is InChI=1S/C21H29NO2/c1-4-21(23)12-10-19-18-7-5-14-13-15(22-24-3)6-8-16(14)17(18)9-11-20(19,21)2/h1,13,16-19,23H,5-12H2,2-3H3/b22-15-/t16-,17+,18+,19-,20-,21?/m0/s1. The summed E-state index contributed by atoms with van der Waals surface area (Å²) in [5.74, 6) is 5.57. The monoisotopic (exact) mass is 327 g/mol. The summed E-state index contributed by atoms with van der Waals surface area (Å²) in [5, 5.41) is 15.2. The Labute approximate surface area is 145 Å². The Morgan fingerprint density at radius 1 is 1.21 bits per heavy atom. The van der Waals surface area contributed by atoms with E-state index in [9.17, 15) is 5.11 Å². The SMILES string of the molecule is C#CC1(O)CC[C@H]2[C@@H]3CCC4=C/C(=N\OC)CC[C@@H]4[C@H]3CC[C@@]21C. The van der Waals surface area contributed by atoms with Gasteiger partial charge in [-0.25, -0.2) is 0 Å². The van der Waals surface area contributed by atoms with E-state index in [-0.39, 0.29) is 5.41 Å². The highest BCUT2D eigenvalue weighted by atomic mass is 16.6. The van der Waals surface area contributed by atoms with Crippen molar-refractivity contribution in [2.45, 2.75) is 63.9 Å². The predicted molar refractivity (Wildman–Crippen MR) is 95.3 cm³/mol. The van der Waals surface area contributed by atoms with Crippen LogP contribution in [0.15, 0.2) is 16.8 Å². The van der Waals surface area contributed by atoms with Gasteiger partial charge in [-0.1, -0.05) is 23.6 Å². The van der Waals surface area contributed by atoms with Crippen molar-refractivity contribution in [3.63, 3.8) is 0 Å². The number of allylic oxidation sites excluding steroid dienone is 2. The summed E-state index contributed by atoms with van der Waals surface area (Å²) in [6.45, 7) is 2.26. The van der Waals surface area contributed by atoms with E-state index < -0.39 is 5.60 Å². The third-order valence-electron chi connectivity index (χ3n) is 7.91. The Morgan fingerprint density at radius 3 is 2.79 bits per heavy atom. The highest BCUT2D eigenvalue weighted by Crippen LogP contribution is 2.64. The van der Waals surface area contributed by atoms with Crippen molar-refractivity contribution in [1.82, 2.24) is 0 Å². The van der Waals surface area contributed by atoms with Crippen LogP contribution in [0.4, 0.5) is 0 Å². The molecule has 1 unspecified atom stereocenters. The molecule has 3 fully saturated rings. The van der Waals surface area contributed by atoms with Crippen LogP contribution >= 0.6 is 0 Å². The molecule has 0 radical (unpaired) electrons. The topological polar surface area (TPSA) is 41.8 Å². The zero-order chi connectivity index (χ0) is 16.9. The Kier molecular flexibility index (Phi) is 3.80. The zero-order valence-corrected chi connectivity index (χ0v) is 14.9. The number of oxime groups is 1. The second-order valence-electron chi connectivity index (χ2n) is 8.60. The zero-order valence-electron chi connectivity index (χ0n) is 14.9. The van der Waals surface area contributed by atoms with Gasteiger partial charge in [0, 0.05) is 5.41 Å². The van der Waals surface area contributed by atoms with Crippen LogP contribution in [-0.2, 0) is 4.84 Å². The highest BCUT2D eigenvalue weighted by molar-refractivity contribution is 5.96. The Hall–Kier alpha value is -1.27. The maximum Gasteiger partial charge on any atom is 0.130 e. The van der Waals surface area contributed by atoms with Gasteiger partial charge in [-0.15, -0.1) is 6.42 Å². The number of terminal acetylenes is 1. The van der Waals surface area contributed by atoms with Crippen LogP contribution in [-0.4, -0.2) is 23.5 Å². The molecular formula is C21H29NO2. The lowest BCUT2D eigenvalue weighted by molar-refractivity contribution is -0.0852. The van der Waals surface area contributed by atoms with Crippen molar-refractivity contribution in [3.8, 4) is 12.3 Å². The first-order valence-corrected chi connectivity index (χ1v) is 9.53. The molecule has 0 heterocycles. The molecule has 0 aromatic rings. The molecule has 3 nitrogen and oxygen atoms in total. The average molecular weight is 327 g/mol. The number of aliphatic hydroxyl groups is 1. The smallest absolute Gasteiger partial charge is 0.130 e. The second-order valence-corrected chi connectivity index (χ2v) is 8.60. The van der Waals surface area contributed by atoms with Gasteiger partial charge < -0.3 is 9.94 Å². The fourth-order valence-corrected chi connectivity index (χ4v) is 6.64. The molecule has 130 valence electrons. The van der Waals surface area contributed by atoms with Gasteiger partial charge in [0.25, 0.3) is 0 Å². The summed E-state index contributed by atoms with van der Waals surface area (Å²) in [6.07, 6.45) is 16.9. The predicted octanol–water partition coefficient (Wildman–Crippen LogP) is 3.93. The van der Waals surface area contributed by atoms with Gasteiger partial charge in [0.2, 0.25) is 0 Å². The van der Waals surface area contributed by atoms with Crippen LogP contribution < -0.4 is 0 Å². The molecule has 0 amide bonds. The molecule has 3 heteroatoms. The number of hydrogen-bond donors (Lipinski definition) is 1. The third-order valence-corrected chi connectivity index (χ3v) is 7.91. The molecule has 24 heavy (non-hydrogen) atoms. The first-order valence-electron chi connectivity index (χ1n) is 9.53. The maximum atomic E-state index is 11.0. The van der Waals surface area contributed by atoms with Crippen LogP contribution in [0.1, 0.15) is 58.3 Å². The molecule has 6 atom stereocenters. The van der Waals surface area contributed by atoms with Gasteiger partial charge in [-0.05, 0) is 81.1 Å². The molecule has 0 bridgehead atoms. The van der Waals surface area contributed by atoms with E-state index in [4.69, 9.17) is 11.3 Å². The van der Waals surface area contributed by atoms with Crippen LogP contribution in [0.3, 0.4) is 0 Å². The van der Waals surface area contributed by atoms with Crippen LogP contribution in [0, 0.1) is 41.4 Å². The lowest BCUT2D eigenvalue weighted by Gasteiger charge is -2.54. The van der Waals surface area contributed by atoms with Crippen molar-refractivity contribution in [2.75, 3.05) is 7.11 Å². The molecule has 1 N–H and O–H groups in total. The molecule has 0 aromatic carbocycles. The molecule has 0 saturated heterocycles. The highest BCUT2D eigenvalue weighted by Gasteiger charge is 2.61. The van der Waals surface area contributed by atoms with Crippen molar-refractivity contribution < 1.29 is 9.94 Å². The fourth-order valence-electron chi connectivity index (χ4n) is 6.64. The number of rotatable bonds is 1. The lowest BCUT2D eigenvalue weighted by atomic mass is 9.50. The normalized spacial score (nSPS) is 48.8. The molecule has 4 aliphatic rings. The Balaban J connectivity index is 1.61. The number of nitrogens with zero attached hydrogens (tertiary/aromatic N) is 1. The minimum atomic E-state index is -0.885. The Bertz CT molecular complexity index is 630. The van der Waals surface area contributed by atoms with E-state index in [1.807, 2.05) is 0 Å². The van der Waals surface area contributed by atoms with Crippen molar-refractivity contribution >= 4 is 5.71 Å². The summed E-state index contributed by atoms with van der Waals surface area (Å²) in [7, 11) is 1.63. The van der Waals surface area contributed by atoms with E-state index in [0.29, 0.717) is 11.8 Å². The molecule has 4 rings (SSSR count). The summed E-state index contributed by atoms with van der Waals surface area (Å²) in [6, 6.07) is 0. The minimum Gasteiger partial charge on any atom is -0.399 e. The van der Waals surface area contributed by atoms with Gasteiger partial charge >= 0.3 is 0 Å². The second kappa shape index (κ2) is 5.63. The molecule has 4 aliphatic carbocycles. The van der Waals surface area contributed by atoms with Gasteiger partial charge in [0.15, 0.2) is 0 Å². The Morgan fingerprint density at radius 2 is 2.04 bits per heavy atom. The summed E-state index contributed by atoms with van der Waals surface area (Å²) >= 11 is 0. The van der Waals surface area contributed by atoms with Crippen LogP contribution in [0.25, 0.3) is 0 Å². The van der Waals surface area contributed by atoms with E-state index >= 15 is 0 Å². The van der Waals surface area contributed by atoms with E-state index in [2.05, 4.69) is 24.1 Å². The fraction of sp³-hybridized carbons (Fsp3) is 0.762. The summed E-state index contributed by atoms with van der Waals surface area (Å²) in [4.78, 5) is 4.97. The third kappa shape index (κ3) is 2.12. The van der Waals surface area contributed by atoms with E-state index in [1.165, 1.54) is 25.7 Å². The van der Waals surface area contributed by atoms with E-state index in [0.717, 1.165) is 43.2 Å². The lowest BCUT2D eigenvalue weighted by Crippen LogP contribution is -2.52. The summed E-state index contributed by atoms with van der Waals surface area (Å²) in [5.41, 5.74) is 1.72. The van der Waals surface area contributed by atoms with Crippen molar-refractivity contribution in [1.29, 1.82) is 0 Å².